The molecule has 5 heteroatoms. The van der Waals surface area contributed by atoms with E-state index >= 15 is 0 Å². The van der Waals surface area contributed by atoms with Gasteiger partial charge in [-0.25, -0.2) is 4.39 Å². The van der Waals surface area contributed by atoms with Gasteiger partial charge in [0.2, 0.25) is 0 Å². The molecule has 0 aliphatic carbocycles. The lowest BCUT2D eigenvalue weighted by Gasteiger charge is -2.33. The molecule has 0 spiro atoms. The fourth-order valence-electron chi connectivity index (χ4n) is 3.18. The molecule has 0 amide bonds. The van der Waals surface area contributed by atoms with Gasteiger partial charge in [-0.1, -0.05) is 12.1 Å². The van der Waals surface area contributed by atoms with Crippen LogP contribution in [0, 0.1) is 5.82 Å². The van der Waals surface area contributed by atoms with Crippen molar-refractivity contribution >= 4 is 5.78 Å². The third-order valence-corrected chi connectivity index (χ3v) is 4.55. The molecule has 138 valence electrons. The van der Waals surface area contributed by atoms with Gasteiger partial charge in [0.25, 0.3) is 0 Å². The Kier molecular flexibility index (Phi) is 6.01. The fraction of sp³-hybridized carbons (Fsp3) is 0.381. The van der Waals surface area contributed by atoms with Gasteiger partial charge in [-0.2, -0.15) is 0 Å². The molecule has 26 heavy (non-hydrogen) atoms. The summed E-state index contributed by atoms with van der Waals surface area (Å²) in [7, 11) is 0. The molecule has 3 rings (SSSR count). The number of benzene rings is 2. The first kappa shape index (κ1) is 18.5. The summed E-state index contributed by atoms with van der Waals surface area (Å²) in [5.74, 6) is 0.603. The largest absolute Gasteiger partial charge is 0.494 e. The molecule has 0 saturated carbocycles. The minimum Gasteiger partial charge on any atom is -0.494 e. The highest BCUT2D eigenvalue weighted by Crippen LogP contribution is 2.27. The van der Waals surface area contributed by atoms with E-state index < -0.39 is 0 Å². The van der Waals surface area contributed by atoms with Crippen molar-refractivity contribution in [2.24, 2.45) is 0 Å². The molecule has 4 nitrogen and oxygen atoms in total. The van der Waals surface area contributed by atoms with E-state index in [1.54, 1.807) is 25.1 Å². The maximum Gasteiger partial charge on any atom is 0.159 e. The van der Waals surface area contributed by atoms with E-state index in [0.717, 1.165) is 23.4 Å². The van der Waals surface area contributed by atoms with E-state index in [1.807, 2.05) is 19.1 Å². The number of Topliss-reactive ketones (excluding diaryl/α,β-unsaturated/α-hetero) is 1. The van der Waals surface area contributed by atoms with Gasteiger partial charge in [-0.3, -0.25) is 9.69 Å². The Morgan fingerprint density at radius 2 is 2.04 bits per heavy atom. The summed E-state index contributed by atoms with van der Waals surface area (Å²) in [4.78, 5) is 14.0. The van der Waals surface area contributed by atoms with Crippen LogP contribution in [0.3, 0.4) is 0 Å². The van der Waals surface area contributed by atoms with E-state index in [0.29, 0.717) is 31.9 Å². The van der Waals surface area contributed by atoms with Gasteiger partial charge in [-0.05, 0) is 49.7 Å². The van der Waals surface area contributed by atoms with Gasteiger partial charge >= 0.3 is 0 Å². The van der Waals surface area contributed by atoms with Crippen LogP contribution in [0.4, 0.5) is 4.39 Å². The smallest absolute Gasteiger partial charge is 0.159 e. The normalized spacial score (nSPS) is 17.9. The van der Waals surface area contributed by atoms with Crippen LogP contribution in [0.1, 0.15) is 41.4 Å². The average Bonchev–Trinajstić information content (AvgIpc) is 2.64. The molecule has 1 aliphatic rings. The van der Waals surface area contributed by atoms with E-state index in [-0.39, 0.29) is 17.7 Å². The predicted molar refractivity (Wildman–Crippen MR) is 98.0 cm³/mol. The Hall–Kier alpha value is -2.24. The first-order valence-electron chi connectivity index (χ1n) is 8.93. The SMILES string of the molecule is CCOc1ccc(C(C)=O)cc1CN1CCO[C@@H](c2ccc(F)cc2)C1. The Balaban J connectivity index is 1.76. The van der Waals surface area contributed by atoms with Crippen LogP contribution in [0.15, 0.2) is 42.5 Å². The highest BCUT2D eigenvalue weighted by Gasteiger charge is 2.23. The predicted octanol–water partition coefficient (Wildman–Crippen LogP) is 4.00. The van der Waals surface area contributed by atoms with Crippen LogP contribution in [-0.2, 0) is 11.3 Å². The Bertz CT molecular complexity index is 760. The highest BCUT2D eigenvalue weighted by atomic mass is 19.1. The summed E-state index contributed by atoms with van der Waals surface area (Å²) in [6.45, 7) is 6.89. The molecular weight excluding hydrogens is 333 g/mol. The van der Waals surface area contributed by atoms with E-state index in [1.165, 1.54) is 12.1 Å². The van der Waals surface area contributed by atoms with E-state index in [9.17, 15) is 9.18 Å². The van der Waals surface area contributed by atoms with Crippen molar-refractivity contribution in [1.29, 1.82) is 0 Å². The van der Waals surface area contributed by atoms with Crippen LogP contribution < -0.4 is 4.74 Å². The lowest BCUT2D eigenvalue weighted by molar-refractivity contribution is -0.0331. The number of halogens is 1. The Labute approximate surface area is 153 Å². The molecule has 2 aromatic rings. The van der Waals surface area contributed by atoms with Crippen LogP contribution in [0.5, 0.6) is 5.75 Å². The number of rotatable bonds is 6. The minimum atomic E-state index is -0.246. The summed E-state index contributed by atoms with van der Waals surface area (Å²) in [6, 6.07) is 12.0. The second-order valence-corrected chi connectivity index (χ2v) is 6.46. The number of hydrogen-bond donors (Lipinski definition) is 0. The van der Waals surface area contributed by atoms with Crippen molar-refractivity contribution in [3.63, 3.8) is 0 Å². The number of ether oxygens (including phenoxy) is 2. The van der Waals surface area contributed by atoms with Crippen LogP contribution in [0.25, 0.3) is 0 Å². The second-order valence-electron chi connectivity index (χ2n) is 6.46. The molecule has 0 radical (unpaired) electrons. The number of nitrogens with zero attached hydrogens (tertiary/aromatic N) is 1. The summed E-state index contributed by atoms with van der Waals surface area (Å²) in [5, 5.41) is 0. The lowest BCUT2D eigenvalue weighted by atomic mass is 10.0. The zero-order valence-electron chi connectivity index (χ0n) is 15.2. The van der Waals surface area contributed by atoms with Crippen LogP contribution >= 0.6 is 0 Å². The molecule has 1 atom stereocenters. The summed E-state index contributed by atoms with van der Waals surface area (Å²) < 4.78 is 24.7. The Morgan fingerprint density at radius 1 is 1.27 bits per heavy atom. The highest BCUT2D eigenvalue weighted by molar-refractivity contribution is 5.94. The lowest BCUT2D eigenvalue weighted by Crippen LogP contribution is -2.37. The van der Waals surface area contributed by atoms with Gasteiger partial charge in [0.1, 0.15) is 11.6 Å². The topological polar surface area (TPSA) is 38.8 Å². The molecule has 1 heterocycles. The molecule has 0 N–H and O–H groups in total. The van der Waals surface area contributed by atoms with Crippen LogP contribution in [-0.4, -0.2) is 37.0 Å². The van der Waals surface area contributed by atoms with Gasteiger partial charge in [0.05, 0.1) is 19.3 Å². The number of morpholine rings is 1. The van der Waals surface area contributed by atoms with Crippen LogP contribution in [0.2, 0.25) is 0 Å². The molecule has 2 aromatic carbocycles. The zero-order valence-corrected chi connectivity index (χ0v) is 15.2. The van der Waals surface area contributed by atoms with Crippen molar-refractivity contribution in [3.05, 3.63) is 65.0 Å². The third kappa shape index (κ3) is 4.48. The summed E-state index contributed by atoms with van der Waals surface area (Å²) in [6.07, 6.45) is -0.0871. The van der Waals surface area contributed by atoms with E-state index in [2.05, 4.69) is 4.90 Å². The zero-order chi connectivity index (χ0) is 18.5. The minimum absolute atomic E-state index is 0.0421. The number of carbonyl (C=O) groups is 1. The first-order valence-corrected chi connectivity index (χ1v) is 8.93. The van der Waals surface area contributed by atoms with Crippen molar-refractivity contribution in [2.45, 2.75) is 26.5 Å². The summed E-state index contributed by atoms with van der Waals surface area (Å²) >= 11 is 0. The van der Waals surface area contributed by atoms with Crippen molar-refractivity contribution < 1.29 is 18.7 Å². The monoisotopic (exact) mass is 357 g/mol. The first-order chi connectivity index (χ1) is 12.6. The van der Waals surface area contributed by atoms with Gasteiger partial charge in [-0.15, -0.1) is 0 Å². The maximum absolute atomic E-state index is 13.1. The molecule has 0 bridgehead atoms. The standard InChI is InChI=1S/C21H24FNO3/c1-3-25-20-9-6-17(15(2)24)12-18(20)13-23-10-11-26-21(14-23)16-4-7-19(22)8-5-16/h4-9,12,21H,3,10-11,13-14H2,1-2H3/t21-/m1/s1. The van der Waals surface area contributed by atoms with E-state index in [4.69, 9.17) is 9.47 Å². The van der Waals surface area contributed by atoms with Gasteiger partial charge in [0, 0.05) is 30.8 Å². The third-order valence-electron chi connectivity index (χ3n) is 4.55. The Morgan fingerprint density at radius 3 is 2.73 bits per heavy atom. The maximum atomic E-state index is 13.1. The molecule has 1 aliphatic heterocycles. The molecule has 1 fully saturated rings. The number of carbonyl (C=O) groups excluding carboxylic acids is 1. The number of ketones is 1. The quantitative estimate of drug-likeness (QED) is 0.733. The average molecular weight is 357 g/mol. The van der Waals surface area contributed by atoms with Gasteiger partial charge in [0.15, 0.2) is 5.78 Å². The van der Waals surface area contributed by atoms with Crippen molar-refractivity contribution in [2.75, 3.05) is 26.3 Å². The molecule has 0 unspecified atom stereocenters. The summed E-state index contributed by atoms with van der Waals surface area (Å²) in [5.41, 5.74) is 2.66. The van der Waals surface area contributed by atoms with Gasteiger partial charge < -0.3 is 9.47 Å². The molecular formula is C21H24FNO3. The number of hydrogen-bond acceptors (Lipinski definition) is 4. The fourth-order valence-corrected chi connectivity index (χ4v) is 3.18. The molecule has 1 saturated heterocycles. The van der Waals surface area contributed by atoms with Crippen molar-refractivity contribution in [3.8, 4) is 5.75 Å². The second kappa shape index (κ2) is 8.43. The van der Waals surface area contributed by atoms with Crippen molar-refractivity contribution in [1.82, 2.24) is 4.90 Å². The molecule has 0 aromatic heterocycles.